The zero-order valence-electron chi connectivity index (χ0n) is 8.91. The Hall–Kier alpha value is -0.530. The molecule has 1 unspecified atom stereocenters. The Labute approximate surface area is 91.7 Å². The molecule has 0 saturated carbocycles. The van der Waals surface area contributed by atoms with E-state index in [9.17, 15) is 0 Å². The van der Waals surface area contributed by atoms with Crippen LogP contribution in [0.3, 0.4) is 0 Å². The maximum Gasteiger partial charge on any atom is 0.0376 e. The van der Waals surface area contributed by atoms with Crippen molar-refractivity contribution in [2.24, 2.45) is 0 Å². The standard InChI is InChI=1S/C12H18ClN/c1-11(10-13)14(2)9-8-12-6-4-3-5-7-12/h3-7,11H,8-10H2,1-2H3. The molecule has 14 heavy (non-hydrogen) atoms. The first-order valence-electron chi connectivity index (χ1n) is 5.04. The maximum absolute atomic E-state index is 5.79. The van der Waals surface area contributed by atoms with Gasteiger partial charge < -0.3 is 4.90 Å². The predicted molar refractivity (Wildman–Crippen MR) is 63.0 cm³/mol. The van der Waals surface area contributed by atoms with Gasteiger partial charge in [-0.15, -0.1) is 11.6 Å². The second kappa shape index (κ2) is 6.05. The Morgan fingerprint density at radius 2 is 1.93 bits per heavy atom. The second-order valence-corrected chi connectivity index (χ2v) is 4.03. The van der Waals surface area contributed by atoms with Gasteiger partial charge in [-0.1, -0.05) is 30.3 Å². The van der Waals surface area contributed by atoms with E-state index in [0.29, 0.717) is 11.9 Å². The molecular weight excluding hydrogens is 194 g/mol. The molecule has 1 rings (SSSR count). The third kappa shape index (κ3) is 3.69. The van der Waals surface area contributed by atoms with Crippen LogP contribution in [0.15, 0.2) is 30.3 Å². The van der Waals surface area contributed by atoms with E-state index in [1.165, 1.54) is 5.56 Å². The minimum absolute atomic E-state index is 0.459. The molecule has 0 radical (unpaired) electrons. The van der Waals surface area contributed by atoms with Crippen molar-refractivity contribution in [3.63, 3.8) is 0 Å². The van der Waals surface area contributed by atoms with Crippen LogP contribution in [-0.4, -0.2) is 30.4 Å². The van der Waals surface area contributed by atoms with Crippen molar-refractivity contribution in [1.82, 2.24) is 4.90 Å². The van der Waals surface area contributed by atoms with Gasteiger partial charge in [0.1, 0.15) is 0 Å². The molecule has 0 saturated heterocycles. The maximum atomic E-state index is 5.79. The van der Waals surface area contributed by atoms with Gasteiger partial charge in [0, 0.05) is 18.5 Å². The van der Waals surface area contributed by atoms with Crippen molar-refractivity contribution in [3.05, 3.63) is 35.9 Å². The van der Waals surface area contributed by atoms with E-state index in [1.807, 2.05) is 0 Å². The van der Waals surface area contributed by atoms with Crippen LogP contribution in [0.4, 0.5) is 0 Å². The van der Waals surface area contributed by atoms with Crippen LogP contribution in [0, 0.1) is 0 Å². The van der Waals surface area contributed by atoms with Gasteiger partial charge in [0.2, 0.25) is 0 Å². The lowest BCUT2D eigenvalue weighted by Gasteiger charge is -2.22. The lowest BCUT2D eigenvalue weighted by atomic mass is 10.1. The summed E-state index contributed by atoms with van der Waals surface area (Å²) in [7, 11) is 2.12. The molecule has 0 bridgehead atoms. The number of hydrogen-bond donors (Lipinski definition) is 0. The molecule has 0 aromatic heterocycles. The van der Waals surface area contributed by atoms with Crippen molar-refractivity contribution in [2.45, 2.75) is 19.4 Å². The molecule has 0 heterocycles. The molecule has 1 aromatic rings. The fraction of sp³-hybridized carbons (Fsp3) is 0.500. The summed E-state index contributed by atoms with van der Waals surface area (Å²) in [6, 6.07) is 11.0. The Morgan fingerprint density at radius 1 is 1.29 bits per heavy atom. The highest BCUT2D eigenvalue weighted by atomic mass is 35.5. The molecule has 0 aliphatic rings. The highest BCUT2D eigenvalue weighted by Gasteiger charge is 2.06. The lowest BCUT2D eigenvalue weighted by Crippen LogP contribution is -2.32. The molecule has 0 aliphatic carbocycles. The fourth-order valence-corrected chi connectivity index (χ4v) is 1.52. The topological polar surface area (TPSA) is 3.24 Å². The summed E-state index contributed by atoms with van der Waals surface area (Å²) in [6.07, 6.45) is 1.10. The number of benzene rings is 1. The van der Waals surface area contributed by atoms with Gasteiger partial charge in [-0.2, -0.15) is 0 Å². The average molecular weight is 212 g/mol. The normalized spacial score (nSPS) is 13.1. The fourth-order valence-electron chi connectivity index (χ4n) is 1.29. The zero-order valence-corrected chi connectivity index (χ0v) is 9.67. The van der Waals surface area contributed by atoms with Crippen molar-refractivity contribution in [2.75, 3.05) is 19.5 Å². The summed E-state index contributed by atoms with van der Waals surface area (Å²) in [4.78, 5) is 2.29. The third-order valence-electron chi connectivity index (χ3n) is 2.57. The summed E-state index contributed by atoms with van der Waals surface area (Å²) < 4.78 is 0. The Morgan fingerprint density at radius 3 is 2.50 bits per heavy atom. The van der Waals surface area contributed by atoms with Gasteiger partial charge in [0.05, 0.1) is 0 Å². The molecule has 0 spiro atoms. The number of likely N-dealkylation sites (N-methyl/N-ethyl adjacent to an activating group) is 1. The van der Waals surface area contributed by atoms with Crippen LogP contribution in [0.1, 0.15) is 12.5 Å². The minimum atomic E-state index is 0.459. The first kappa shape index (κ1) is 11.5. The molecule has 2 heteroatoms. The first-order chi connectivity index (χ1) is 6.74. The van der Waals surface area contributed by atoms with E-state index in [-0.39, 0.29) is 0 Å². The molecule has 1 nitrogen and oxygen atoms in total. The summed E-state index contributed by atoms with van der Waals surface area (Å²) in [6.45, 7) is 3.22. The quantitative estimate of drug-likeness (QED) is 0.678. The van der Waals surface area contributed by atoms with Gasteiger partial charge in [-0.05, 0) is 26.0 Å². The molecule has 78 valence electrons. The lowest BCUT2D eigenvalue weighted by molar-refractivity contribution is 0.280. The highest BCUT2D eigenvalue weighted by Crippen LogP contribution is 2.03. The summed E-state index contributed by atoms with van der Waals surface area (Å²) >= 11 is 5.79. The van der Waals surface area contributed by atoms with Crippen LogP contribution in [0.5, 0.6) is 0 Å². The monoisotopic (exact) mass is 211 g/mol. The molecule has 0 amide bonds. The van der Waals surface area contributed by atoms with Crippen molar-refractivity contribution in [1.29, 1.82) is 0 Å². The number of hydrogen-bond acceptors (Lipinski definition) is 1. The van der Waals surface area contributed by atoms with Crippen molar-refractivity contribution < 1.29 is 0 Å². The van der Waals surface area contributed by atoms with Crippen molar-refractivity contribution in [3.8, 4) is 0 Å². The van der Waals surface area contributed by atoms with E-state index >= 15 is 0 Å². The van der Waals surface area contributed by atoms with Gasteiger partial charge in [-0.25, -0.2) is 0 Å². The van der Waals surface area contributed by atoms with Gasteiger partial charge in [-0.3, -0.25) is 0 Å². The van der Waals surface area contributed by atoms with Crippen LogP contribution >= 0.6 is 11.6 Å². The zero-order chi connectivity index (χ0) is 10.4. The van der Waals surface area contributed by atoms with Crippen LogP contribution < -0.4 is 0 Å². The number of alkyl halides is 1. The van der Waals surface area contributed by atoms with Crippen LogP contribution in [0.25, 0.3) is 0 Å². The van der Waals surface area contributed by atoms with E-state index in [1.54, 1.807) is 0 Å². The number of halogens is 1. The Balaban J connectivity index is 2.34. The number of rotatable bonds is 5. The van der Waals surface area contributed by atoms with Gasteiger partial charge in [0.15, 0.2) is 0 Å². The summed E-state index contributed by atoms with van der Waals surface area (Å²) in [5.74, 6) is 0.700. The van der Waals surface area contributed by atoms with Crippen LogP contribution in [0.2, 0.25) is 0 Å². The molecule has 1 atom stereocenters. The average Bonchev–Trinajstić information content (AvgIpc) is 2.26. The minimum Gasteiger partial charge on any atom is -0.302 e. The molecule has 1 aromatic carbocycles. The highest BCUT2D eigenvalue weighted by molar-refractivity contribution is 6.18. The first-order valence-corrected chi connectivity index (χ1v) is 5.57. The van der Waals surface area contributed by atoms with Crippen LogP contribution in [-0.2, 0) is 6.42 Å². The van der Waals surface area contributed by atoms with E-state index in [4.69, 9.17) is 11.6 Å². The largest absolute Gasteiger partial charge is 0.302 e. The Kier molecular flexibility index (Phi) is 4.99. The van der Waals surface area contributed by atoms with Gasteiger partial charge >= 0.3 is 0 Å². The smallest absolute Gasteiger partial charge is 0.0376 e. The van der Waals surface area contributed by atoms with Gasteiger partial charge in [0.25, 0.3) is 0 Å². The second-order valence-electron chi connectivity index (χ2n) is 3.72. The Bertz CT molecular complexity index is 248. The molecule has 0 fully saturated rings. The number of nitrogens with zero attached hydrogens (tertiary/aromatic N) is 1. The molecular formula is C12H18ClN. The molecule has 0 N–H and O–H groups in total. The van der Waals surface area contributed by atoms with E-state index < -0.39 is 0 Å². The van der Waals surface area contributed by atoms with Crippen molar-refractivity contribution >= 4 is 11.6 Å². The predicted octanol–water partition coefficient (Wildman–Crippen LogP) is 2.79. The summed E-state index contributed by atoms with van der Waals surface area (Å²) in [5.41, 5.74) is 1.39. The SMILES string of the molecule is CC(CCl)N(C)CCc1ccccc1. The van der Waals surface area contributed by atoms with E-state index in [2.05, 4.69) is 49.2 Å². The third-order valence-corrected chi connectivity index (χ3v) is 3.02. The molecule has 0 aliphatic heterocycles. The van der Waals surface area contributed by atoms with E-state index in [0.717, 1.165) is 13.0 Å². The summed E-state index contributed by atoms with van der Waals surface area (Å²) in [5, 5.41) is 0.